The number of benzene rings is 2. The number of carbonyl (C=O) groups is 2. The molecule has 27 heavy (non-hydrogen) atoms. The van der Waals surface area contributed by atoms with Crippen LogP contribution >= 0.6 is 11.5 Å². The van der Waals surface area contributed by atoms with Crippen molar-refractivity contribution >= 4 is 29.6 Å². The minimum Gasteiger partial charge on any atom is -0.423 e. The second-order valence-electron chi connectivity index (χ2n) is 5.71. The highest BCUT2D eigenvalue weighted by Crippen LogP contribution is 2.14. The third-order valence-electron chi connectivity index (χ3n) is 3.62. The van der Waals surface area contributed by atoms with E-state index in [0.717, 1.165) is 22.7 Å². The number of hydrogen-bond donors (Lipinski definition) is 1. The summed E-state index contributed by atoms with van der Waals surface area (Å²) in [6.07, 6.45) is 1.49. The zero-order chi connectivity index (χ0) is 19.2. The van der Waals surface area contributed by atoms with Crippen molar-refractivity contribution < 1.29 is 14.3 Å². The topological polar surface area (TPSA) is 93.5 Å². The molecule has 0 spiro atoms. The summed E-state index contributed by atoms with van der Waals surface area (Å²) < 4.78 is 9.04. The molecule has 1 aromatic heterocycles. The van der Waals surface area contributed by atoms with E-state index >= 15 is 0 Å². The van der Waals surface area contributed by atoms with E-state index in [1.165, 1.54) is 6.21 Å². The molecule has 8 heteroatoms. The Morgan fingerprint density at radius 2 is 1.78 bits per heavy atom. The Bertz CT molecular complexity index is 979. The van der Waals surface area contributed by atoms with E-state index in [4.69, 9.17) is 4.74 Å². The van der Waals surface area contributed by atoms with Gasteiger partial charge < -0.3 is 4.74 Å². The standard InChI is InChI=1S/C19H16N4O3S/c1-12-3-7-15(8-4-12)19(25)26-16-9-5-14(6-10-16)11-20-22-18(24)17-13(2)21-23-27-17/h3-11H,1-2H3,(H,22,24). The molecule has 0 aliphatic carbocycles. The van der Waals surface area contributed by atoms with Gasteiger partial charge in [-0.1, -0.05) is 22.2 Å². The number of hydrogen-bond acceptors (Lipinski definition) is 7. The van der Waals surface area contributed by atoms with E-state index in [9.17, 15) is 9.59 Å². The molecule has 3 rings (SSSR count). The van der Waals surface area contributed by atoms with Gasteiger partial charge in [-0.25, -0.2) is 10.2 Å². The van der Waals surface area contributed by atoms with E-state index in [1.54, 1.807) is 43.3 Å². The van der Waals surface area contributed by atoms with Crippen molar-refractivity contribution in [3.05, 3.63) is 75.8 Å². The van der Waals surface area contributed by atoms with Gasteiger partial charge in [0.1, 0.15) is 10.6 Å². The number of esters is 1. The van der Waals surface area contributed by atoms with Crippen molar-refractivity contribution in [3.8, 4) is 5.75 Å². The molecular weight excluding hydrogens is 364 g/mol. The highest BCUT2D eigenvalue weighted by molar-refractivity contribution is 7.07. The molecule has 2 aromatic carbocycles. The van der Waals surface area contributed by atoms with Crippen LogP contribution in [0.5, 0.6) is 5.75 Å². The predicted molar refractivity (Wildman–Crippen MR) is 102 cm³/mol. The molecule has 0 radical (unpaired) electrons. The van der Waals surface area contributed by atoms with Crippen molar-refractivity contribution in [2.24, 2.45) is 5.10 Å². The summed E-state index contributed by atoms with van der Waals surface area (Å²) in [5.41, 5.74) is 5.29. The fourth-order valence-electron chi connectivity index (χ4n) is 2.13. The average molecular weight is 380 g/mol. The number of amides is 1. The van der Waals surface area contributed by atoms with Crippen molar-refractivity contribution in [2.75, 3.05) is 0 Å². The molecule has 7 nitrogen and oxygen atoms in total. The summed E-state index contributed by atoms with van der Waals surface area (Å²) in [6.45, 7) is 3.66. The van der Waals surface area contributed by atoms with Gasteiger partial charge in [0, 0.05) is 0 Å². The largest absolute Gasteiger partial charge is 0.423 e. The first-order chi connectivity index (χ1) is 13.0. The summed E-state index contributed by atoms with van der Waals surface area (Å²) >= 11 is 1.01. The van der Waals surface area contributed by atoms with Crippen LogP contribution in [0.4, 0.5) is 0 Å². The lowest BCUT2D eigenvalue weighted by molar-refractivity contribution is 0.0734. The van der Waals surface area contributed by atoms with E-state index in [-0.39, 0.29) is 5.91 Å². The Balaban J connectivity index is 1.57. The number of nitrogens with zero attached hydrogens (tertiary/aromatic N) is 3. The highest BCUT2D eigenvalue weighted by atomic mass is 32.1. The first kappa shape index (κ1) is 18.4. The first-order valence-electron chi connectivity index (χ1n) is 8.04. The number of aromatic nitrogens is 2. The number of aryl methyl sites for hydroxylation is 2. The summed E-state index contributed by atoms with van der Waals surface area (Å²) in [5, 5.41) is 7.68. The van der Waals surface area contributed by atoms with E-state index in [2.05, 4.69) is 20.1 Å². The van der Waals surface area contributed by atoms with Gasteiger partial charge in [-0.15, -0.1) is 5.10 Å². The fourth-order valence-corrected chi connectivity index (χ4v) is 2.68. The Morgan fingerprint density at radius 3 is 2.41 bits per heavy atom. The van der Waals surface area contributed by atoms with Crippen LogP contribution < -0.4 is 10.2 Å². The predicted octanol–water partition coefficient (Wildman–Crippen LogP) is 3.14. The van der Waals surface area contributed by atoms with Gasteiger partial charge >= 0.3 is 5.97 Å². The third-order valence-corrected chi connectivity index (χ3v) is 4.44. The maximum Gasteiger partial charge on any atom is 0.343 e. The summed E-state index contributed by atoms with van der Waals surface area (Å²) in [6, 6.07) is 13.9. The number of hydrazone groups is 1. The molecule has 0 saturated carbocycles. The molecule has 3 aromatic rings. The van der Waals surface area contributed by atoms with Crippen LogP contribution in [0.25, 0.3) is 0 Å². The van der Waals surface area contributed by atoms with Crippen molar-refractivity contribution in [1.29, 1.82) is 0 Å². The van der Waals surface area contributed by atoms with Crippen molar-refractivity contribution in [2.45, 2.75) is 13.8 Å². The van der Waals surface area contributed by atoms with Crippen molar-refractivity contribution in [3.63, 3.8) is 0 Å². The van der Waals surface area contributed by atoms with Crippen LogP contribution in [0.3, 0.4) is 0 Å². The average Bonchev–Trinajstić information content (AvgIpc) is 3.09. The molecule has 0 unspecified atom stereocenters. The SMILES string of the molecule is Cc1ccc(C(=O)Oc2ccc(C=NNC(=O)c3snnc3C)cc2)cc1. The Labute approximate surface area is 159 Å². The van der Waals surface area contributed by atoms with Crippen LogP contribution in [0.2, 0.25) is 0 Å². The molecule has 0 fully saturated rings. The zero-order valence-electron chi connectivity index (χ0n) is 14.7. The molecule has 0 saturated heterocycles. The first-order valence-corrected chi connectivity index (χ1v) is 8.81. The maximum absolute atomic E-state index is 12.1. The minimum absolute atomic E-state index is 0.359. The van der Waals surface area contributed by atoms with E-state index < -0.39 is 5.97 Å². The normalized spacial score (nSPS) is 10.7. The molecule has 1 amide bonds. The van der Waals surface area contributed by atoms with Gasteiger partial charge in [0.25, 0.3) is 5.91 Å². The Morgan fingerprint density at radius 1 is 1.07 bits per heavy atom. The van der Waals surface area contributed by atoms with Crippen LogP contribution in [-0.4, -0.2) is 27.7 Å². The van der Waals surface area contributed by atoms with Gasteiger partial charge in [0.2, 0.25) is 0 Å². The lowest BCUT2D eigenvalue weighted by atomic mass is 10.1. The molecule has 136 valence electrons. The third kappa shape index (κ3) is 4.83. The number of rotatable bonds is 5. The number of carbonyl (C=O) groups excluding carboxylic acids is 2. The number of ether oxygens (including phenoxy) is 1. The summed E-state index contributed by atoms with van der Waals surface area (Å²) in [7, 11) is 0. The molecule has 0 bridgehead atoms. The summed E-state index contributed by atoms with van der Waals surface area (Å²) in [4.78, 5) is 24.4. The fraction of sp³-hybridized carbons (Fsp3) is 0.105. The monoisotopic (exact) mass is 380 g/mol. The van der Waals surface area contributed by atoms with Gasteiger partial charge in [0.15, 0.2) is 0 Å². The van der Waals surface area contributed by atoms with Crippen LogP contribution in [0.15, 0.2) is 53.6 Å². The molecule has 0 aliphatic rings. The molecule has 0 atom stereocenters. The quantitative estimate of drug-likeness (QED) is 0.318. The smallest absolute Gasteiger partial charge is 0.343 e. The molecule has 1 heterocycles. The summed E-state index contributed by atoms with van der Waals surface area (Å²) in [5.74, 6) is -0.354. The maximum atomic E-state index is 12.1. The van der Waals surface area contributed by atoms with Crippen LogP contribution in [-0.2, 0) is 0 Å². The lowest BCUT2D eigenvalue weighted by Crippen LogP contribution is -2.17. The molecule has 1 N–H and O–H groups in total. The minimum atomic E-state index is -0.419. The second kappa shape index (κ2) is 8.33. The van der Waals surface area contributed by atoms with Gasteiger partial charge in [-0.3, -0.25) is 4.79 Å². The van der Waals surface area contributed by atoms with Gasteiger partial charge in [-0.2, -0.15) is 5.10 Å². The van der Waals surface area contributed by atoms with Gasteiger partial charge in [-0.05, 0) is 67.3 Å². The zero-order valence-corrected chi connectivity index (χ0v) is 15.5. The Hall–Kier alpha value is -3.39. The highest BCUT2D eigenvalue weighted by Gasteiger charge is 2.12. The van der Waals surface area contributed by atoms with Gasteiger partial charge in [0.05, 0.1) is 17.5 Å². The van der Waals surface area contributed by atoms with Crippen molar-refractivity contribution in [1.82, 2.24) is 15.0 Å². The van der Waals surface area contributed by atoms with Crippen LogP contribution in [0, 0.1) is 13.8 Å². The Kier molecular flexibility index (Phi) is 5.68. The second-order valence-corrected chi connectivity index (χ2v) is 6.47. The lowest BCUT2D eigenvalue weighted by Gasteiger charge is -2.05. The number of nitrogens with one attached hydrogen (secondary N) is 1. The van der Waals surface area contributed by atoms with E-state index in [0.29, 0.717) is 21.9 Å². The molecule has 0 aliphatic heterocycles. The van der Waals surface area contributed by atoms with Crippen LogP contribution in [0.1, 0.15) is 36.9 Å². The van der Waals surface area contributed by atoms with E-state index in [1.807, 2.05) is 19.1 Å². The molecular formula is C19H16N4O3S.